The molecule has 1 saturated heterocycles. The van der Waals surface area contributed by atoms with Crippen molar-refractivity contribution in [2.24, 2.45) is 0 Å². The van der Waals surface area contributed by atoms with Crippen LogP contribution in [0.25, 0.3) is 0 Å². The molecule has 0 N–H and O–H groups in total. The topological polar surface area (TPSA) is 3.24 Å². The zero-order valence-electron chi connectivity index (χ0n) is 11.0. The Morgan fingerprint density at radius 3 is 2.19 bits per heavy atom. The fourth-order valence-electron chi connectivity index (χ4n) is 2.46. The van der Waals surface area contributed by atoms with Gasteiger partial charge in [0.25, 0.3) is 0 Å². The van der Waals surface area contributed by atoms with Gasteiger partial charge in [-0.1, -0.05) is 45.0 Å². The molecule has 1 nitrogen and oxygen atoms in total. The Labute approximate surface area is 99.5 Å². The standard InChI is InChI=1S/C15H23N/c1-15(2,3)14-7-5-12(6-8-14)13-9-10-16(4)11-13/h5-8,13H,9-11H2,1-4H3. The van der Waals surface area contributed by atoms with Crippen molar-refractivity contribution in [3.63, 3.8) is 0 Å². The molecule has 16 heavy (non-hydrogen) atoms. The third-order valence-electron chi connectivity index (χ3n) is 3.64. The lowest BCUT2D eigenvalue weighted by molar-refractivity contribution is 0.411. The highest BCUT2D eigenvalue weighted by atomic mass is 15.1. The van der Waals surface area contributed by atoms with Crippen LogP contribution in [0.4, 0.5) is 0 Å². The summed E-state index contributed by atoms with van der Waals surface area (Å²) in [5.74, 6) is 0.749. The minimum atomic E-state index is 0.269. The summed E-state index contributed by atoms with van der Waals surface area (Å²) in [6, 6.07) is 9.25. The molecule has 1 unspecified atom stereocenters. The minimum absolute atomic E-state index is 0.269. The molecule has 1 aromatic rings. The van der Waals surface area contributed by atoms with Crippen LogP contribution in [0, 0.1) is 0 Å². The van der Waals surface area contributed by atoms with E-state index >= 15 is 0 Å². The van der Waals surface area contributed by atoms with E-state index in [1.54, 1.807) is 0 Å². The summed E-state index contributed by atoms with van der Waals surface area (Å²) in [4.78, 5) is 2.42. The average molecular weight is 217 g/mol. The highest BCUT2D eigenvalue weighted by Gasteiger charge is 2.21. The normalized spacial score (nSPS) is 22.6. The van der Waals surface area contributed by atoms with Crippen molar-refractivity contribution in [3.8, 4) is 0 Å². The Morgan fingerprint density at radius 1 is 1.12 bits per heavy atom. The van der Waals surface area contributed by atoms with Crippen molar-refractivity contribution < 1.29 is 0 Å². The molecular weight excluding hydrogens is 194 g/mol. The Hall–Kier alpha value is -0.820. The maximum Gasteiger partial charge on any atom is 0.00477 e. The van der Waals surface area contributed by atoms with Crippen LogP contribution in [0.15, 0.2) is 24.3 Å². The van der Waals surface area contributed by atoms with Crippen LogP contribution >= 0.6 is 0 Å². The highest BCUT2D eigenvalue weighted by Crippen LogP contribution is 2.28. The monoisotopic (exact) mass is 217 g/mol. The molecule has 0 saturated carbocycles. The third-order valence-corrected chi connectivity index (χ3v) is 3.64. The van der Waals surface area contributed by atoms with E-state index in [2.05, 4.69) is 57.0 Å². The molecule has 1 heterocycles. The molecule has 0 bridgehead atoms. The second kappa shape index (κ2) is 4.21. The van der Waals surface area contributed by atoms with Gasteiger partial charge in [0.2, 0.25) is 0 Å². The molecule has 0 amide bonds. The summed E-state index contributed by atoms with van der Waals surface area (Å²) >= 11 is 0. The lowest BCUT2D eigenvalue weighted by atomic mass is 9.85. The molecule has 1 atom stereocenters. The molecule has 1 aliphatic heterocycles. The van der Waals surface area contributed by atoms with Gasteiger partial charge in [-0.2, -0.15) is 0 Å². The van der Waals surface area contributed by atoms with Gasteiger partial charge in [-0.05, 0) is 42.5 Å². The first-order valence-electron chi connectivity index (χ1n) is 6.26. The molecule has 1 fully saturated rings. The van der Waals surface area contributed by atoms with Crippen molar-refractivity contribution >= 4 is 0 Å². The average Bonchev–Trinajstić information content (AvgIpc) is 2.64. The van der Waals surface area contributed by atoms with E-state index in [1.165, 1.54) is 30.6 Å². The molecule has 0 aromatic heterocycles. The van der Waals surface area contributed by atoms with Gasteiger partial charge < -0.3 is 4.90 Å². The van der Waals surface area contributed by atoms with E-state index in [-0.39, 0.29) is 5.41 Å². The number of hydrogen-bond acceptors (Lipinski definition) is 1. The van der Waals surface area contributed by atoms with Crippen molar-refractivity contribution in [1.29, 1.82) is 0 Å². The first kappa shape index (κ1) is 11.7. The highest BCUT2D eigenvalue weighted by molar-refractivity contribution is 5.30. The molecule has 1 aliphatic rings. The molecule has 0 spiro atoms. The smallest absolute Gasteiger partial charge is 0.00477 e. The molecule has 0 radical (unpaired) electrons. The van der Waals surface area contributed by atoms with E-state index < -0.39 is 0 Å². The van der Waals surface area contributed by atoms with Gasteiger partial charge in [-0.3, -0.25) is 0 Å². The van der Waals surface area contributed by atoms with Crippen molar-refractivity contribution in [3.05, 3.63) is 35.4 Å². The first-order valence-corrected chi connectivity index (χ1v) is 6.26. The number of benzene rings is 1. The fraction of sp³-hybridized carbons (Fsp3) is 0.600. The zero-order valence-corrected chi connectivity index (χ0v) is 11.0. The fourth-order valence-corrected chi connectivity index (χ4v) is 2.46. The Kier molecular flexibility index (Phi) is 3.07. The molecule has 0 aliphatic carbocycles. The summed E-state index contributed by atoms with van der Waals surface area (Å²) in [5.41, 5.74) is 3.21. The van der Waals surface area contributed by atoms with Gasteiger partial charge in [-0.25, -0.2) is 0 Å². The third kappa shape index (κ3) is 2.46. The molecular formula is C15H23N. The van der Waals surface area contributed by atoms with Crippen molar-refractivity contribution in [2.75, 3.05) is 20.1 Å². The quantitative estimate of drug-likeness (QED) is 0.697. The lowest BCUT2D eigenvalue weighted by Crippen LogP contribution is -2.14. The predicted octanol–water partition coefficient (Wildman–Crippen LogP) is 3.40. The summed E-state index contributed by atoms with van der Waals surface area (Å²) in [5, 5.41) is 0. The van der Waals surface area contributed by atoms with Crippen LogP contribution in [-0.4, -0.2) is 25.0 Å². The van der Waals surface area contributed by atoms with Crippen LogP contribution < -0.4 is 0 Å². The van der Waals surface area contributed by atoms with E-state index in [0.29, 0.717) is 0 Å². The number of rotatable bonds is 1. The maximum absolute atomic E-state index is 2.42. The molecule has 88 valence electrons. The van der Waals surface area contributed by atoms with Gasteiger partial charge >= 0.3 is 0 Å². The first-order chi connectivity index (χ1) is 7.47. The summed E-state index contributed by atoms with van der Waals surface area (Å²) in [7, 11) is 2.21. The van der Waals surface area contributed by atoms with Crippen molar-refractivity contribution in [2.45, 2.75) is 38.5 Å². The van der Waals surface area contributed by atoms with Crippen molar-refractivity contribution in [1.82, 2.24) is 4.90 Å². The van der Waals surface area contributed by atoms with Crippen LogP contribution in [0.3, 0.4) is 0 Å². The number of hydrogen-bond donors (Lipinski definition) is 0. The summed E-state index contributed by atoms with van der Waals surface area (Å²) < 4.78 is 0. The van der Waals surface area contributed by atoms with E-state index in [9.17, 15) is 0 Å². The predicted molar refractivity (Wildman–Crippen MR) is 70.0 cm³/mol. The Bertz CT molecular complexity index is 345. The zero-order chi connectivity index (χ0) is 11.8. The van der Waals surface area contributed by atoms with E-state index in [4.69, 9.17) is 0 Å². The van der Waals surface area contributed by atoms with Gasteiger partial charge in [-0.15, -0.1) is 0 Å². The maximum atomic E-state index is 2.42. The molecule has 1 heteroatoms. The summed E-state index contributed by atoms with van der Waals surface area (Å²) in [6.07, 6.45) is 1.31. The number of likely N-dealkylation sites (N-methyl/N-ethyl adjacent to an activating group) is 1. The van der Waals surface area contributed by atoms with Gasteiger partial charge in [0, 0.05) is 6.54 Å². The number of nitrogens with zero attached hydrogens (tertiary/aromatic N) is 1. The van der Waals surface area contributed by atoms with Gasteiger partial charge in [0.05, 0.1) is 0 Å². The van der Waals surface area contributed by atoms with E-state index in [1.807, 2.05) is 0 Å². The largest absolute Gasteiger partial charge is 0.306 e. The van der Waals surface area contributed by atoms with Gasteiger partial charge in [0.15, 0.2) is 0 Å². The van der Waals surface area contributed by atoms with Crippen LogP contribution in [0.1, 0.15) is 44.2 Å². The second-order valence-corrected chi connectivity index (χ2v) is 6.12. The van der Waals surface area contributed by atoms with E-state index in [0.717, 1.165) is 5.92 Å². The van der Waals surface area contributed by atoms with Crippen LogP contribution in [-0.2, 0) is 5.41 Å². The molecule has 2 rings (SSSR count). The van der Waals surface area contributed by atoms with Gasteiger partial charge in [0.1, 0.15) is 0 Å². The molecule has 1 aromatic carbocycles. The summed E-state index contributed by atoms with van der Waals surface area (Å²) in [6.45, 7) is 9.27. The van der Waals surface area contributed by atoms with Crippen LogP contribution in [0.5, 0.6) is 0 Å². The second-order valence-electron chi connectivity index (χ2n) is 6.12. The minimum Gasteiger partial charge on any atom is -0.306 e. The number of likely N-dealkylation sites (tertiary alicyclic amines) is 1. The SMILES string of the molecule is CN1CCC(c2ccc(C(C)(C)C)cc2)C1. The lowest BCUT2D eigenvalue weighted by Gasteiger charge is -2.20. The Balaban J connectivity index is 2.14. The Morgan fingerprint density at radius 2 is 1.75 bits per heavy atom. The van der Waals surface area contributed by atoms with Crippen LogP contribution in [0.2, 0.25) is 0 Å².